The molecule has 3 aliphatic rings. The van der Waals surface area contributed by atoms with Crippen molar-refractivity contribution in [3.8, 4) is 0 Å². The molecule has 3 nitrogen and oxygen atoms in total. The van der Waals surface area contributed by atoms with Gasteiger partial charge in [0.2, 0.25) is 5.91 Å². The van der Waals surface area contributed by atoms with Gasteiger partial charge in [0, 0.05) is 12.1 Å². The molecule has 3 heteroatoms. The monoisotopic (exact) mass is 264 g/mol. The van der Waals surface area contributed by atoms with Crippen LogP contribution in [0.15, 0.2) is 0 Å². The van der Waals surface area contributed by atoms with Crippen LogP contribution in [0, 0.1) is 11.8 Å². The maximum Gasteiger partial charge on any atom is 0.237 e. The normalized spacial score (nSPS) is 36.4. The average Bonchev–Trinajstić information content (AvgIpc) is 3.22. The fraction of sp³-hybridized carbons (Fsp3) is 0.938. The fourth-order valence-electron chi connectivity index (χ4n) is 4.01. The second-order valence-electron chi connectivity index (χ2n) is 6.99. The number of fused-ring (bicyclic) bond motifs is 1. The predicted octanol–water partition coefficient (Wildman–Crippen LogP) is 2.60. The molecular weight excluding hydrogens is 236 g/mol. The molecule has 108 valence electrons. The summed E-state index contributed by atoms with van der Waals surface area (Å²) >= 11 is 0. The van der Waals surface area contributed by atoms with E-state index in [9.17, 15) is 4.79 Å². The summed E-state index contributed by atoms with van der Waals surface area (Å²) in [7, 11) is 0. The fourth-order valence-corrected chi connectivity index (χ4v) is 4.01. The summed E-state index contributed by atoms with van der Waals surface area (Å²) in [4.78, 5) is 12.0. The number of rotatable bonds is 4. The Balaban J connectivity index is 1.45. The Bertz CT molecular complexity index is 327. The van der Waals surface area contributed by atoms with Gasteiger partial charge in [-0.05, 0) is 50.9 Å². The molecule has 3 rings (SSSR count). The van der Waals surface area contributed by atoms with Gasteiger partial charge in [-0.1, -0.05) is 25.7 Å². The molecule has 0 aromatic carbocycles. The highest BCUT2D eigenvalue weighted by Gasteiger charge is 2.33. The Morgan fingerprint density at radius 2 is 1.63 bits per heavy atom. The Labute approximate surface area is 116 Å². The molecule has 0 radical (unpaired) electrons. The number of carbonyl (C=O) groups is 1. The second-order valence-corrected chi connectivity index (χ2v) is 6.99. The molecule has 0 spiro atoms. The van der Waals surface area contributed by atoms with Crippen molar-refractivity contribution in [2.75, 3.05) is 0 Å². The lowest BCUT2D eigenvalue weighted by molar-refractivity contribution is -0.123. The lowest BCUT2D eigenvalue weighted by atomic mass is 9.69. The van der Waals surface area contributed by atoms with Gasteiger partial charge in [-0.15, -0.1) is 0 Å². The van der Waals surface area contributed by atoms with Crippen molar-refractivity contribution in [2.45, 2.75) is 82.8 Å². The van der Waals surface area contributed by atoms with Crippen molar-refractivity contribution in [1.29, 1.82) is 0 Å². The van der Waals surface area contributed by atoms with Crippen molar-refractivity contribution >= 4 is 5.91 Å². The van der Waals surface area contributed by atoms with Gasteiger partial charge < -0.3 is 10.6 Å². The molecule has 4 unspecified atom stereocenters. The van der Waals surface area contributed by atoms with Crippen molar-refractivity contribution < 1.29 is 4.79 Å². The van der Waals surface area contributed by atoms with E-state index in [1.54, 1.807) is 0 Å². The van der Waals surface area contributed by atoms with Crippen LogP contribution in [0.3, 0.4) is 0 Å². The zero-order valence-electron chi connectivity index (χ0n) is 12.2. The highest BCUT2D eigenvalue weighted by Crippen LogP contribution is 2.40. The minimum atomic E-state index is -0.0225. The van der Waals surface area contributed by atoms with Crippen molar-refractivity contribution in [1.82, 2.24) is 10.6 Å². The molecule has 0 saturated heterocycles. The van der Waals surface area contributed by atoms with E-state index < -0.39 is 0 Å². The van der Waals surface area contributed by atoms with E-state index in [2.05, 4.69) is 10.6 Å². The van der Waals surface area contributed by atoms with Gasteiger partial charge in [-0.2, -0.15) is 0 Å². The minimum absolute atomic E-state index is 0.0225. The number of hydrogen-bond donors (Lipinski definition) is 2. The third-order valence-corrected chi connectivity index (χ3v) is 5.34. The van der Waals surface area contributed by atoms with Gasteiger partial charge in [-0.3, -0.25) is 4.79 Å². The summed E-state index contributed by atoms with van der Waals surface area (Å²) in [5.41, 5.74) is 0. The molecule has 0 heterocycles. The lowest BCUT2D eigenvalue weighted by Crippen LogP contribution is -2.49. The van der Waals surface area contributed by atoms with Crippen LogP contribution in [-0.4, -0.2) is 24.0 Å². The summed E-state index contributed by atoms with van der Waals surface area (Å²) in [5.74, 6) is 2.12. The summed E-state index contributed by atoms with van der Waals surface area (Å²) in [6.07, 6.45) is 12.0. The molecule has 1 amide bonds. The smallest absolute Gasteiger partial charge is 0.237 e. The first-order chi connectivity index (χ1) is 9.22. The van der Waals surface area contributed by atoms with Crippen LogP contribution in [0.5, 0.6) is 0 Å². The first-order valence-corrected chi connectivity index (χ1v) is 8.29. The van der Waals surface area contributed by atoms with Crippen molar-refractivity contribution in [3.05, 3.63) is 0 Å². The number of amides is 1. The van der Waals surface area contributed by atoms with Crippen molar-refractivity contribution in [3.63, 3.8) is 0 Å². The molecule has 3 fully saturated rings. The van der Waals surface area contributed by atoms with E-state index in [-0.39, 0.29) is 11.9 Å². The van der Waals surface area contributed by atoms with Gasteiger partial charge in [0.15, 0.2) is 0 Å². The number of carbonyl (C=O) groups excluding carboxylic acids is 1. The molecule has 0 aromatic heterocycles. The Hall–Kier alpha value is -0.570. The molecular formula is C16H28N2O. The summed E-state index contributed by atoms with van der Waals surface area (Å²) < 4.78 is 0. The molecule has 2 N–H and O–H groups in total. The standard InChI is InChI=1S/C16H28N2O/c1-11(16(19)18-14-8-9-14)17-15-7-6-12-4-2-3-5-13(12)10-15/h11-15,17H,2-10H2,1H3,(H,18,19). The third-order valence-electron chi connectivity index (χ3n) is 5.34. The average molecular weight is 264 g/mol. The van der Waals surface area contributed by atoms with Crippen LogP contribution in [0.25, 0.3) is 0 Å². The maximum atomic E-state index is 12.0. The highest BCUT2D eigenvalue weighted by molar-refractivity contribution is 5.81. The van der Waals surface area contributed by atoms with Crippen molar-refractivity contribution in [2.24, 2.45) is 11.8 Å². The van der Waals surface area contributed by atoms with E-state index >= 15 is 0 Å². The van der Waals surface area contributed by atoms with Crippen LogP contribution < -0.4 is 10.6 Å². The van der Waals surface area contributed by atoms with E-state index in [0.717, 1.165) is 11.8 Å². The molecule has 0 aromatic rings. The zero-order chi connectivity index (χ0) is 13.2. The molecule has 19 heavy (non-hydrogen) atoms. The minimum Gasteiger partial charge on any atom is -0.352 e. The van der Waals surface area contributed by atoms with Gasteiger partial charge in [-0.25, -0.2) is 0 Å². The van der Waals surface area contributed by atoms with E-state index in [1.807, 2.05) is 6.92 Å². The van der Waals surface area contributed by atoms with Crippen LogP contribution >= 0.6 is 0 Å². The Morgan fingerprint density at radius 1 is 0.947 bits per heavy atom. The highest BCUT2D eigenvalue weighted by atomic mass is 16.2. The Kier molecular flexibility index (Phi) is 4.11. The first-order valence-electron chi connectivity index (χ1n) is 8.29. The predicted molar refractivity (Wildman–Crippen MR) is 76.8 cm³/mol. The maximum absolute atomic E-state index is 12.0. The van der Waals surface area contributed by atoms with E-state index in [1.165, 1.54) is 57.8 Å². The van der Waals surface area contributed by atoms with E-state index in [4.69, 9.17) is 0 Å². The SMILES string of the molecule is CC(NC1CCC2CCCCC2C1)C(=O)NC1CC1. The van der Waals surface area contributed by atoms with Gasteiger partial charge >= 0.3 is 0 Å². The van der Waals surface area contributed by atoms with Gasteiger partial charge in [0.1, 0.15) is 0 Å². The first kappa shape index (κ1) is 13.4. The lowest BCUT2D eigenvalue weighted by Gasteiger charge is -2.40. The third kappa shape index (κ3) is 3.50. The van der Waals surface area contributed by atoms with Crippen LogP contribution in [0.4, 0.5) is 0 Å². The molecule has 0 aliphatic heterocycles. The molecule has 4 atom stereocenters. The van der Waals surface area contributed by atoms with Gasteiger partial charge in [0.05, 0.1) is 6.04 Å². The second kappa shape index (κ2) is 5.82. The summed E-state index contributed by atoms with van der Waals surface area (Å²) in [6, 6.07) is 1.02. The van der Waals surface area contributed by atoms with Gasteiger partial charge in [0.25, 0.3) is 0 Å². The van der Waals surface area contributed by atoms with Crippen LogP contribution in [0.2, 0.25) is 0 Å². The zero-order valence-corrected chi connectivity index (χ0v) is 12.2. The van der Waals surface area contributed by atoms with E-state index in [0.29, 0.717) is 12.1 Å². The Morgan fingerprint density at radius 3 is 2.37 bits per heavy atom. The molecule has 3 aliphatic carbocycles. The largest absolute Gasteiger partial charge is 0.352 e. The number of hydrogen-bond acceptors (Lipinski definition) is 2. The molecule has 3 saturated carbocycles. The quantitative estimate of drug-likeness (QED) is 0.819. The summed E-state index contributed by atoms with van der Waals surface area (Å²) in [6.45, 7) is 2.02. The molecule has 0 bridgehead atoms. The van der Waals surface area contributed by atoms with Crippen LogP contribution in [-0.2, 0) is 4.79 Å². The summed E-state index contributed by atoms with van der Waals surface area (Å²) in [5, 5.41) is 6.67. The topological polar surface area (TPSA) is 41.1 Å². The van der Waals surface area contributed by atoms with Crippen LogP contribution in [0.1, 0.15) is 64.7 Å². The number of nitrogens with one attached hydrogen (secondary N) is 2.